The van der Waals surface area contributed by atoms with Gasteiger partial charge in [-0.15, -0.1) is 0 Å². The molecule has 0 saturated heterocycles. The van der Waals surface area contributed by atoms with Crippen LogP contribution in [0.25, 0.3) is 11.0 Å². The molecule has 2 heterocycles. The molecule has 96 valence electrons. The van der Waals surface area contributed by atoms with Gasteiger partial charge in [0.25, 0.3) is 0 Å². The molecule has 0 radical (unpaired) electrons. The Morgan fingerprint density at radius 2 is 2.00 bits per heavy atom. The summed E-state index contributed by atoms with van der Waals surface area (Å²) >= 11 is 0. The lowest BCUT2D eigenvalue weighted by atomic mass is 10.1. The molecule has 2 aromatic heterocycles. The molecule has 1 aromatic carbocycles. The third kappa shape index (κ3) is 1.98. The number of hydrogen-bond donors (Lipinski definition) is 1. The predicted molar refractivity (Wildman–Crippen MR) is 71.5 cm³/mol. The third-order valence-electron chi connectivity index (χ3n) is 3.16. The smallest absolute Gasteiger partial charge is 0.142 e. The van der Waals surface area contributed by atoms with E-state index in [4.69, 9.17) is 0 Å². The number of aromatic nitrogens is 4. The quantitative estimate of drug-likeness (QED) is 0.775. The fourth-order valence-electron chi connectivity index (χ4n) is 2.21. The van der Waals surface area contributed by atoms with Gasteiger partial charge in [-0.25, -0.2) is 4.98 Å². The van der Waals surface area contributed by atoms with Gasteiger partial charge < -0.3 is 9.67 Å². The first kappa shape index (κ1) is 11.8. The number of imidazole rings is 1. The SMILES string of the molecule is CCn1ccnc1C(O)c1cccc2nccnc12. The van der Waals surface area contributed by atoms with Crippen LogP contribution in [-0.4, -0.2) is 24.6 Å². The van der Waals surface area contributed by atoms with Gasteiger partial charge in [-0.05, 0) is 13.0 Å². The average Bonchev–Trinajstić information content (AvgIpc) is 2.94. The van der Waals surface area contributed by atoms with Crippen LogP contribution in [0.2, 0.25) is 0 Å². The molecule has 3 aromatic rings. The number of aliphatic hydroxyl groups is 1. The van der Waals surface area contributed by atoms with Gasteiger partial charge >= 0.3 is 0 Å². The molecule has 0 saturated carbocycles. The van der Waals surface area contributed by atoms with Crippen LogP contribution in [0, 0.1) is 0 Å². The van der Waals surface area contributed by atoms with Crippen LogP contribution in [0.5, 0.6) is 0 Å². The number of benzene rings is 1. The van der Waals surface area contributed by atoms with E-state index in [9.17, 15) is 5.11 Å². The summed E-state index contributed by atoms with van der Waals surface area (Å²) in [6.45, 7) is 2.78. The van der Waals surface area contributed by atoms with Crippen LogP contribution in [-0.2, 0) is 6.54 Å². The van der Waals surface area contributed by atoms with Gasteiger partial charge in [0.15, 0.2) is 0 Å². The van der Waals surface area contributed by atoms with Gasteiger partial charge in [-0.3, -0.25) is 9.97 Å². The monoisotopic (exact) mass is 254 g/mol. The number of para-hydroxylation sites is 1. The Hall–Kier alpha value is -2.27. The summed E-state index contributed by atoms with van der Waals surface area (Å²) in [4.78, 5) is 12.8. The van der Waals surface area contributed by atoms with E-state index in [0.717, 1.165) is 17.6 Å². The number of fused-ring (bicyclic) bond motifs is 1. The van der Waals surface area contributed by atoms with Gasteiger partial charge in [-0.1, -0.05) is 12.1 Å². The van der Waals surface area contributed by atoms with E-state index in [1.54, 1.807) is 18.6 Å². The topological polar surface area (TPSA) is 63.8 Å². The zero-order valence-corrected chi connectivity index (χ0v) is 10.6. The Bertz CT molecular complexity index is 702. The molecular formula is C14H14N4O. The maximum atomic E-state index is 10.5. The van der Waals surface area contributed by atoms with E-state index < -0.39 is 6.10 Å². The second kappa shape index (κ2) is 4.78. The van der Waals surface area contributed by atoms with Crippen LogP contribution in [0.1, 0.15) is 24.4 Å². The zero-order valence-electron chi connectivity index (χ0n) is 10.6. The van der Waals surface area contributed by atoms with Crippen molar-refractivity contribution < 1.29 is 5.11 Å². The number of nitrogens with zero attached hydrogens (tertiary/aromatic N) is 4. The predicted octanol–water partition coefficient (Wildman–Crippen LogP) is 1.93. The van der Waals surface area contributed by atoms with E-state index in [1.807, 2.05) is 35.9 Å². The minimum Gasteiger partial charge on any atom is -0.380 e. The first-order valence-corrected chi connectivity index (χ1v) is 6.20. The van der Waals surface area contributed by atoms with Gasteiger partial charge in [0, 0.05) is 36.9 Å². The van der Waals surface area contributed by atoms with E-state index >= 15 is 0 Å². The lowest BCUT2D eigenvalue weighted by Gasteiger charge is -2.13. The van der Waals surface area contributed by atoms with Crippen molar-refractivity contribution in [3.8, 4) is 0 Å². The Labute approximate surface area is 110 Å². The maximum Gasteiger partial charge on any atom is 0.142 e. The zero-order chi connectivity index (χ0) is 13.2. The standard InChI is InChI=1S/C14H14N4O/c1-2-18-9-8-17-14(18)13(19)10-4-3-5-11-12(10)16-7-6-15-11/h3-9,13,19H,2H2,1H3. The van der Waals surface area contributed by atoms with Crippen molar-refractivity contribution in [2.24, 2.45) is 0 Å². The van der Waals surface area contributed by atoms with Crippen molar-refractivity contribution in [3.63, 3.8) is 0 Å². The first-order valence-electron chi connectivity index (χ1n) is 6.20. The van der Waals surface area contributed by atoms with Crippen molar-refractivity contribution in [1.29, 1.82) is 0 Å². The molecule has 5 nitrogen and oxygen atoms in total. The second-order valence-corrected chi connectivity index (χ2v) is 4.25. The highest BCUT2D eigenvalue weighted by molar-refractivity contribution is 5.78. The lowest BCUT2D eigenvalue weighted by Crippen LogP contribution is -2.09. The lowest BCUT2D eigenvalue weighted by molar-refractivity contribution is 0.206. The summed E-state index contributed by atoms with van der Waals surface area (Å²) in [7, 11) is 0. The Morgan fingerprint density at radius 3 is 2.84 bits per heavy atom. The molecule has 19 heavy (non-hydrogen) atoms. The normalized spacial score (nSPS) is 12.7. The fourth-order valence-corrected chi connectivity index (χ4v) is 2.21. The number of rotatable bonds is 3. The van der Waals surface area contributed by atoms with Crippen LogP contribution in [0.3, 0.4) is 0 Å². The van der Waals surface area contributed by atoms with Crippen LogP contribution in [0.4, 0.5) is 0 Å². The van der Waals surface area contributed by atoms with E-state index in [0.29, 0.717) is 11.3 Å². The van der Waals surface area contributed by atoms with Crippen molar-refractivity contribution in [3.05, 3.63) is 54.4 Å². The molecule has 0 aliphatic carbocycles. The molecule has 1 atom stereocenters. The van der Waals surface area contributed by atoms with E-state index in [-0.39, 0.29) is 0 Å². The summed E-state index contributed by atoms with van der Waals surface area (Å²) in [5.41, 5.74) is 2.21. The summed E-state index contributed by atoms with van der Waals surface area (Å²) in [5, 5.41) is 10.5. The summed E-state index contributed by atoms with van der Waals surface area (Å²) in [5.74, 6) is 0.626. The molecule has 5 heteroatoms. The average molecular weight is 254 g/mol. The largest absolute Gasteiger partial charge is 0.380 e. The van der Waals surface area contributed by atoms with Gasteiger partial charge in [0.1, 0.15) is 11.9 Å². The minimum absolute atomic E-state index is 0.626. The second-order valence-electron chi connectivity index (χ2n) is 4.25. The van der Waals surface area contributed by atoms with Gasteiger partial charge in [0.2, 0.25) is 0 Å². The van der Waals surface area contributed by atoms with Gasteiger partial charge in [-0.2, -0.15) is 0 Å². The van der Waals surface area contributed by atoms with Crippen LogP contribution < -0.4 is 0 Å². The first-order chi connectivity index (χ1) is 9.31. The van der Waals surface area contributed by atoms with Crippen LogP contribution >= 0.6 is 0 Å². The number of hydrogen-bond acceptors (Lipinski definition) is 4. The highest BCUT2D eigenvalue weighted by Gasteiger charge is 2.18. The van der Waals surface area contributed by atoms with E-state index in [2.05, 4.69) is 15.0 Å². The highest BCUT2D eigenvalue weighted by atomic mass is 16.3. The molecule has 0 amide bonds. The van der Waals surface area contributed by atoms with Crippen molar-refractivity contribution in [1.82, 2.24) is 19.5 Å². The highest BCUT2D eigenvalue weighted by Crippen LogP contribution is 2.25. The summed E-state index contributed by atoms with van der Waals surface area (Å²) in [6, 6.07) is 5.61. The van der Waals surface area contributed by atoms with Crippen LogP contribution in [0.15, 0.2) is 43.0 Å². The summed E-state index contributed by atoms with van der Waals surface area (Å²) in [6.07, 6.45) is 6.03. The number of aliphatic hydroxyl groups excluding tert-OH is 1. The molecule has 3 rings (SSSR count). The minimum atomic E-state index is -0.796. The van der Waals surface area contributed by atoms with Gasteiger partial charge in [0.05, 0.1) is 11.0 Å². The molecule has 0 fully saturated rings. The fraction of sp³-hybridized carbons (Fsp3) is 0.214. The number of aryl methyl sites for hydroxylation is 1. The Balaban J connectivity index is 2.14. The van der Waals surface area contributed by atoms with Crippen molar-refractivity contribution >= 4 is 11.0 Å². The molecule has 0 aliphatic heterocycles. The Morgan fingerprint density at radius 1 is 1.16 bits per heavy atom. The van der Waals surface area contributed by atoms with Crippen molar-refractivity contribution in [2.45, 2.75) is 19.6 Å². The van der Waals surface area contributed by atoms with E-state index in [1.165, 1.54) is 0 Å². The van der Waals surface area contributed by atoms with Crippen molar-refractivity contribution in [2.75, 3.05) is 0 Å². The molecule has 0 aliphatic rings. The molecule has 1 unspecified atom stereocenters. The maximum absolute atomic E-state index is 10.5. The Kier molecular flexibility index (Phi) is 2.97. The molecule has 1 N–H and O–H groups in total. The third-order valence-corrected chi connectivity index (χ3v) is 3.16. The molecule has 0 spiro atoms. The summed E-state index contributed by atoms with van der Waals surface area (Å²) < 4.78 is 1.92. The molecule has 0 bridgehead atoms. The molecular weight excluding hydrogens is 240 g/mol.